The molecule has 0 amide bonds. The van der Waals surface area contributed by atoms with E-state index in [9.17, 15) is 9.90 Å². The van der Waals surface area contributed by atoms with Gasteiger partial charge in [0.15, 0.2) is 0 Å². The molecule has 16 heavy (non-hydrogen) atoms. The largest absolute Gasteiger partial charge is 0.508 e. The minimum Gasteiger partial charge on any atom is -0.508 e. The van der Waals surface area contributed by atoms with Gasteiger partial charge in [-0.15, -0.1) is 0 Å². The van der Waals surface area contributed by atoms with Crippen molar-refractivity contribution in [3.05, 3.63) is 42.0 Å². The topological polar surface area (TPSA) is 57.5 Å². The Balaban J connectivity index is 2.91. The zero-order valence-electron chi connectivity index (χ0n) is 9.26. The molecule has 2 N–H and O–H groups in total. The molecule has 3 nitrogen and oxygen atoms in total. The third-order valence-corrected chi connectivity index (χ3v) is 2.30. The molecule has 0 aliphatic rings. The molecule has 0 aliphatic heterocycles. The van der Waals surface area contributed by atoms with Crippen molar-refractivity contribution in [3.63, 3.8) is 0 Å². The summed E-state index contributed by atoms with van der Waals surface area (Å²) in [6.07, 6.45) is 4.73. The minimum absolute atomic E-state index is 0.0416. The van der Waals surface area contributed by atoms with Crippen LogP contribution in [0.5, 0.6) is 5.75 Å². The van der Waals surface area contributed by atoms with Gasteiger partial charge in [-0.2, -0.15) is 0 Å². The maximum atomic E-state index is 10.7. The lowest BCUT2D eigenvalue weighted by Crippen LogP contribution is -2.04. The van der Waals surface area contributed by atoms with E-state index in [1.165, 1.54) is 0 Å². The first-order chi connectivity index (χ1) is 7.63. The van der Waals surface area contributed by atoms with Crippen LogP contribution < -0.4 is 0 Å². The Kier molecular flexibility index (Phi) is 4.58. The molecular formula is C13H16O3. The van der Waals surface area contributed by atoms with Crippen molar-refractivity contribution < 1.29 is 15.0 Å². The summed E-state index contributed by atoms with van der Waals surface area (Å²) < 4.78 is 0. The number of aromatic hydroxyl groups is 1. The Labute approximate surface area is 95.0 Å². The molecule has 0 fully saturated rings. The van der Waals surface area contributed by atoms with E-state index in [2.05, 4.69) is 0 Å². The van der Waals surface area contributed by atoms with E-state index >= 15 is 0 Å². The van der Waals surface area contributed by atoms with E-state index < -0.39 is 5.97 Å². The molecule has 0 spiro atoms. The maximum absolute atomic E-state index is 10.7. The molecule has 0 saturated carbocycles. The second-order valence-corrected chi connectivity index (χ2v) is 3.64. The molecule has 0 radical (unpaired) electrons. The van der Waals surface area contributed by atoms with Crippen molar-refractivity contribution in [1.29, 1.82) is 0 Å². The molecule has 1 atom stereocenters. The lowest BCUT2D eigenvalue weighted by atomic mass is 9.95. The van der Waals surface area contributed by atoms with Crippen molar-refractivity contribution in [2.45, 2.75) is 25.7 Å². The fourth-order valence-corrected chi connectivity index (χ4v) is 1.54. The quantitative estimate of drug-likeness (QED) is 0.750. The third kappa shape index (κ3) is 3.77. The summed E-state index contributed by atoms with van der Waals surface area (Å²) in [4.78, 5) is 10.7. The molecule has 1 rings (SSSR count). The van der Waals surface area contributed by atoms with E-state index in [0.29, 0.717) is 0 Å². The lowest BCUT2D eigenvalue weighted by molar-refractivity contribution is -0.137. The van der Waals surface area contributed by atoms with Crippen molar-refractivity contribution in [1.82, 2.24) is 0 Å². The van der Waals surface area contributed by atoms with Gasteiger partial charge in [0.1, 0.15) is 5.75 Å². The molecule has 0 heterocycles. The second kappa shape index (κ2) is 5.95. The Morgan fingerprint density at radius 1 is 1.50 bits per heavy atom. The zero-order chi connectivity index (χ0) is 12.0. The van der Waals surface area contributed by atoms with Gasteiger partial charge in [-0.05, 0) is 24.1 Å². The highest BCUT2D eigenvalue weighted by molar-refractivity contribution is 5.68. The van der Waals surface area contributed by atoms with Gasteiger partial charge >= 0.3 is 5.97 Å². The fraction of sp³-hybridized carbons (Fsp3) is 0.308. The zero-order valence-corrected chi connectivity index (χ0v) is 9.26. The van der Waals surface area contributed by atoms with Gasteiger partial charge in [0.05, 0.1) is 6.42 Å². The van der Waals surface area contributed by atoms with Crippen molar-refractivity contribution >= 4 is 5.97 Å². The van der Waals surface area contributed by atoms with Crippen LogP contribution >= 0.6 is 0 Å². The van der Waals surface area contributed by atoms with Gasteiger partial charge in [-0.25, -0.2) is 0 Å². The molecule has 0 bridgehead atoms. The Morgan fingerprint density at radius 3 is 2.81 bits per heavy atom. The predicted octanol–water partition coefficient (Wildman–Crippen LogP) is 2.92. The van der Waals surface area contributed by atoms with Crippen LogP contribution in [0.4, 0.5) is 0 Å². The van der Waals surface area contributed by atoms with Crippen molar-refractivity contribution in [2.24, 2.45) is 0 Å². The first-order valence-corrected chi connectivity index (χ1v) is 5.31. The smallest absolute Gasteiger partial charge is 0.304 e. The first kappa shape index (κ1) is 12.3. The van der Waals surface area contributed by atoms with Gasteiger partial charge in [0.25, 0.3) is 0 Å². The monoisotopic (exact) mass is 220 g/mol. The SMILES string of the molecule is CCC=CC(CC(=O)O)c1cccc(O)c1. The van der Waals surface area contributed by atoms with E-state index in [0.717, 1.165) is 12.0 Å². The summed E-state index contributed by atoms with van der Waals surface area (Å²) in [5.41, 5.74) is 0.826. The van der Waals surface area contributed by atoms with Gasteiger partial charge < -0.3 is 10.2 Å². The molecule has 3 heteroatoms. The Hall–Kier alpha value is -1.77. The number of carboxylic acids is 1. The highest BCUT2D eigenvalue weighted by Crippen LogP contribution is 2.24. The molecule has 0 saturated heterocycles. The Morgan fingerprint density at radius 2 is 2.25 bits per heavy atom. The highest BCUT2D eigenvalue weighted by Gasteiger charge is 2.12. The minimum atomic E-state index is -0.839. The molecule has 0 aromatic heterocycles. The lowest BCUT2D eigenvalue weighted by Gasteiger charge is -2.10. The van der Waals surface area contributed by atoms with Crippen LogP contribution in [0.15, 0.2) is 36.4 Å². The number of allylic oxidation sites excluding steroid dienone is 2. The second-order valence-electron chi connectivity index (χ2n) is 3.64. The standard InChI is InChI=1S/C13H16O3/c1-2-3-5-11(9-13(15)16)10-6-4-7-12(14)8-10/h3-8,11,14H,2,9H2,1H3,(H,15,16). The number of carboxylic acid groups (broad SMARTS) is 1. The van der Waals surface area contributed by atoms with E-state index in [1.807, 2.05) is 25.1 Å². The van der Waals surface area contributed by atoms with Crippen molar-refractivity contribution in [3.8, 4) is 5.75 Å². The number of phenols is 1. The average Bonchev–Trinajstić information content (AvgIpc) is 2.23. The number of rotatable bonds is 5. The number of carbonyl (C=O) groups is 1. The molecule has 1 unspecified atom stereocenters. The number of aliphatic carboxylic acids is 1. The maximum Gasteiger partial charge on any atom is 0.304 e. The Bertz CT molecular complexity index is 383. The van der Waals surface area contributed by atoms with E-state index in [-0.39, 0.29) is 18.1 Å². The molecule has 0 aliphatic carbocycles. The number of phenolic OH excluding ortho intramolecular Hbond substituents is 1. The van der Waals surface area contributed by atoms with Crippen LogP contribution in [0.1, 0.15) is 31.2 Å². The summed E-state index contributed by atoms with van der Waals surface area (Å²) in [5.74, 6) is -0.851. The van der Waals surface area contributed by atoms with E-state index in [1.54, 1.807) is 18.2 Å². The summed E-state index contributed by atoms with van der Waals surface area (Å²) in [6.45, 7) is 2.00. The summed E-state index contributed by atoms with van der Waals surface area (Å²) in [7, 11) is 0. The van der Waals surface area contributed by atoms with Crippen LogP contribution in [-0.2, 0) is 4.79 Å². The fourth-order valence-electron chi connectivity index (χ4n) is 1.54. The van der Waals surface area contributed by atoms with Gasteiger partial charge in [0, 0.05) is 5.92 Å². The number of hydrogen-bond donors (Lipinski definition) is 2. The van der Waals surface area contributed by atoms with Gasteiger partial charge in [-0.1, -0.05) is 31.2 Å². The summed E-state index contributed by atoms with van der Waals surface area (Å²) in [6, 6.07) is 6.73. The third-order valence-electron chi connectivity index (χ3n) is 2.30. The summed E-state index contributed by atoms with van der Waals surface area (Å²) >= 11 is 0. The van der Waals surface area contributed by atoms with Crippen molar-refractivity contribution in [2.75, 3.05) is 0 Å². The van der Waals surface area contributed by atoms with Crippen LogP contribution in [-0.4, -0.2) is 16.2 Å². The normalized spacial score (nSPS) is 12.8. The molecule has 86 valence electrons. The number of benzene rings is 1. The predicted molar refractivity (Wildman–Crippen MR) is 62.5 cm³/mol. The number of hydrogen-bond acceptors (Lipinski definition) is 2. The van der Waals surface area contributed by atoms with Gasteiger partial charge in [0.2, 0.25) is 0 Å². The average molecular weight is 220 g/mol. The van der Waals surface area contributed by atoms with Crippen LogP contribution in [0.2, 0.25) is 0 Å². The van der Waals surface area contributed by atoms with Crippen LogP contribution in [0, 0.1) is 0 Å². The summed E-state index contributed by atoms with van der Waals surface area (Å²) in [5, 5.41) is 18.2. The van der Waals surface area contributed by atoms with E-state index in [4.69, 9.17) is 5.11 Å². The molecule has 1 aromatic carbocycles. The van der Waals surface area contributed by atoms with Gasteiger partial charge in [-0.3, -0.25) is 4.79 Å². The molecular weight excluding hydrogens is 204 g/mol. The highest BCUT2D eigenvalue weighted by atomic mass is 16.4. The van der Waals surface area contributed by atoms with Crippen LogP contribution in [0.3, 0.4) is 0 Å². The first-order valence-electron chi connectivity index (χ1n) is 5.31. The van der Waals surface area contributed by atoms with Crippen LogP contribution in [0.25, 0.3) is 0 Å². The molecule has 1 aromatic rings.